The van der Waals surface area contributed by atoms with Crippen molar-refractivity contribution in [1.29, 1.82) is 0 Å². The summed E-state index contributed by atoms with van der Waals surface area (Å²) in [6.07, 6.45) is 9.46. The minimum atomic E-state index is -0.252. The summed E-state index contributed by atoms with van der Waals surface area (Å²) in [5, 5.41) is 9.72. The molecule has 6 atom stereocenters. The minimum absolute atomic E-state index is 0.127. The number of aliphatic hydroxyl groups is 1. The average molecular weight is 475 g/mol. The first-order valence-electron chi connectivity index (χ1n) is 13.6. The van der Waals surface area contributed by atoms with E-state index in [1.165, 1.54) is 43.2 Å². The van der Waals surface area contributed by atoms with Gasteiger partial charge in [-0.05, 0) is 62.1 Å². The summed E-state index contributed by atoms with van der Waals surface area (Å²) in [6, 6.07) is 21.8. The van der Waals surface area contributed by atoms with E-state index in [1.807, 2.05) is 24.3 Å². The molecule has 2 saturated carbocycles. The van der Waals surface area contributed by atoms with Crippen LogP contribution in [0.2, 0.25) is 0 Å². The minimum Gasteiger partial charge on any atom is -0.394 e. The molecule has 0 bridgehead atoms. The van der Waals surface area contributed by atoms with Crippen LogP contribution in [0, 0.1) is 11.8 Å². The van der Waals surface area contributed by atoms with Gasteiger partial charge in [0.1, 0.15) is 5.72 Å². The van der Waals surface area contributed by atoms with Crippen molar-refractivity contribution in [1.82, 2.24) is 9.80 Å². The van der Waals surface area contributed by atoms with Crippen molar-refractivity contribution >= 4 is 5.91 Å². The Hall–Kier alpha value is -2.21. The number of ether oxygens (including phenoxy) is 1. The van der Waals surface area contributed by atoms with Gasteiger partial charge in [0.2, 0.25) is 5.91 Å². The number of amides is 1. The summed E-state index contributed by atoms with van der Waals surface area (Å²) < 4.78 is 6.13. The van der Waals surface area contributed by atoms with Crippen LogP contribution in [0.3, 0.4) is 0 Å². The zero-order valence-electron chi connectivity index (χ0n) is 20.6. The van der Waals surface area contributed by atoms with Crippen molar-refractivity contribution in [3.8, 4) is 0 Å². The van der Waals surface area contributed by atoms with E-state index in [1.54, 1.807) is 0 Å². The third-order valence-corrected chi connectivity index (χ3v) is 9.37. The van der Waals surface area contributed by atoms with Gasteiger partial charge in [0, 0.05) is 18.4 Å². The van der Waals surface area contributed by atoms with Crippen LogP contribution in [-0.2, 0) is 9.53 Å². The number of carbonyl (C=O) groups excluding carboxylic acids is 1. The van der Waals surface area contributed by atoms with Gasteiger partial charge < -0.3 is 14.7 Å². The number of carbonyl (C=O) groups is 1. The van der Waals surface area contributed by atoms with E-state index in [2.05, 4.69) is 46.2 Å². The molecule has 1 spiro atoms. The first kappa shape index (κ1) is 23.2. The van der Waals surface area contributed by atoms with Crippen LogP contribution in [0.5, 0.6) is 0 Å². The highest BCUT2D eigenvalue weighted by atomic mass is 16.5. The Balaban J connectivity index is 0.000000131. The molecule has 3 aliphatic heterocycles. The molecule has 5 fully saturated rings. The van der Waals surface area contributed by atoms with Gasteiger partial charge in [0.05, 0.1) is 25.3 Å². The molecule has 5 aliphatic rings. The number of nitrogens with zero attached hydrogens (tertiary/aromatic N) is 2. The molecule has 3 heterocycles. The first-order valence-corrected chi connectivity index (χ1v) is 13.6. The molecule has 0 radical (unpaired) electrons. The van der Waals surface area contributed by atoms with E-state index in [-0.39, 0.29) is 30.3 Å². The normalized spacial score (nSPS) is 34.3. The fourth-order valence-electron chi connectivity index (χ4n) is 7.78. The van der Waals surface area contributed by atoms with Crippen molar-refractivity contribution in [2.75, 3.05) is 19.8 Å². The number of hydrogen-bond acceptors (Lipinski definition) is 4. The lowest BCUT2D eigenvalue weighted by Crippen LogP contribution is -2.43. The molecule has 5 heteroatoms. The Morgan fingerprint density at radius 1 is 0.971 bits per heavy atom. The zero-order valence-corrected chi connectivity index (χ0v) is 20.6. The molecule has 1 amide bonds. The van der Waals surface area contributed by atoms with Crippen molar-refractivity contribution in [3.63, 3.8) is 0 Å². The van der Waals surface area contributed by atoms with Crippen LogP contribution < -0.4 is 0 Å². The summed E-state index contributed by atoms with van der Waals surface area (Å²) in [4.78, 5) is 16.9. The molecule has 7 rings (SSSR count). The summed E-state index contributed by atoms with van der Waals surface area (Å²) in [7, 11) is 0. The number of hydrogen-bond donors (Lipinski definition) is 1. The highest BCUT2D eigenvalue weighted by Crippen LogP contribution is 2.55. The van der Waals surface area contributed by atoms with E-state index < -0.39 is 0 Å². The molecule has 3 saturated heterocycles. The largest absolute Gasteiger partial charge is 0.394 e. The molecule has 2 aromatic carbocycles. The summed E-state index contributed by atoms with van der Waals surface area (Å²) in [5.74, 6) is 1.61. The van der Waals surface area contributed by atoms with E-state index in [0.717, 1.165) is 31.3 Å². The summed E-state index contributed by atoms with van der Waals surface area (Å²) in [6.45, 7) is 2.06. The van der Waals surface area contributed by atoms with Crippen LogP contribution in [0.15, 0.2) is 60.7 Å². The second-order valence-electron chi connectivity index (χ2n) is 11.0. The number of fused-ring (bicyclic) bond motifs is 1. The van der Waals surface area contributed by atoms with Crippen molar-refractivity contribution < 1.29 is 14.6 Å². The molecule has 2 aromatic rings. The quantitative estimate of drug-likeness (QED) is 0.671. The predicted octanol–water partition coefficient (Wildman–Crippen LogP) is 5.08. The molecular formula is C30H38N2O3. The van der Waals surface area contributed by atoms with Gasteiger partial charge in [0.15, 0.2) is 0 Å². The fraction of sp³-hybridized carbons (Fsp3) is 0.567. The third kappa shape index (κ3) is 4.02. The summed E-state index contributed by atoms with van der Waals surface area (Å²) >= 11 is 0. The van der Waals surface area contributed by atoms with Gasteiger partial charge >= 0.3 is 0 Å². The molecule has 2 aliphatic carbocycles. The van der Waals surface area contributed by atoms with Gasteiger partial charge in [-0.25, -0.2) is 0 Å². The van der Waals surface area contributed by atoms with Gasteiger partial charge in [-0.3, -0.25) is 9.69 Å². The van der Waals surface area contributed by atoms with E-state index in [4.69, 9.17) is 4.74 Å². The van der Waals surface area contributed by atoms with E-state index in [0.29, 0.717) is 18.9 Å². The van der Waals surface area contributed by atoms with Crippen molar-refractivity contribution in [2.24, 2.45) is 11.8 Å². The van der Waals surface area contributed by atoms with E-state index in [9.17, 15) is 9.90 Å². The second kappa shape index (κ2) is 9.68. The van der Waals surface area contributed by atoms with Gasteiger partial charge in [-0.15, -0.1) is 0 Å². The van der Waals surface area contributed by atoms with Crippen LogP contribution in [0.1, 0.15) is 74.6 Å². The van der Waals surface area contributed by atoms with Crippen LogP contribution in [0.25, 0.3) is 0 Å². The van der Waals surface area contributed by atoms with Gasteiger partial charge in [-0.2, -0.15) is 0 Å². The molecule has 186 valence electrons. The lowest BCUT2D eigenvalue weighted by Gasteiger charge is -2.32. The topological polar surface area (TPSA) is 53.0 Å². The lowest BCUT2D eigenvalue weighted by molar-refractivity contribution is -0.139. The van der Waals surface area contributed by atoms with Gasteiger partial charge in [0.25, 0.3) is 0 Å². The van der Waals surface area contributed by atoms with Crippen molar-refractivity contribution in [3.05, 3.63) is 71.8 Å². The third-order valence-electron chi connectivity index (χ3n) is 9.37. The maximum absolute atomic E-state index is 12.3. The number of benzene rings is 2. The van der Waals surface area contributed by atoms with E-state index >= 15 is 0 Å². The Morgan fingerprint density at radius 3 is 2.51 bits per heavy atom. The maximum atomic E-state index is 12.3. The standard InChI is InChI=1S/C15H17NO2.C15H21NO/c17-14-9-12-7-4-8-15(12)16(14)13(10-18-15)11-5-2-1-3-6-11;17-11-15(12-5-2-1-3-6-12)16-10-9-13-7-4-8-14(13)16/h1-3,5-6,12-13H,4,7-10H2;1-3,5-6,13-15,17H,4,7-11H2/t12-,13+,15+;13-,14-,15+/m11/s1. The molecule has 5 nitrogen and oxygen atoms in total. The highest BCUT2D eigenvalue weighted by molar-refractivity contribution is 5.81. The Kier molecular flexibility index (Phi) is 6.42. The number of aliphatic hydroxyl groups excluding tert-OH is 1. The molecule has 0 unspecified atom stereocenters. The number of rotatable bonds is 4. The average Bonchev–Trinajstić information content (AvgIpc) is 3.69. The monoisotopic (exact) mass is 474 g/mol. The van der Waals surface area contributed by atoms with Crippen LogP contribution >= 0.6 is 0 Å². The zero-order chi connectivity index (χ0) is 23.8. The lowest BCUT2D eigenvalue weighted by atomic mass is 10.0. The Labute approximate surface area is 209 Å². The molecular weight excluding hydrogens is 436 g/mol. The second-order valence-corrected chi connectivity index (χ2v) is 11.0. The Bertz CT molecular complexity index is 1010. The molecule has 1 N–H and O–H groups in total. The SMILES string of the molecule is O=C1C[C@H]2CCC[C@]23OC[C@@H](c2ccccc2)N13.OC[C@@H](c1ccccc1)N1CC[C@H]2CCC[C@H]21. The maximum Gasteiger partial charge on any atom is 0.225 e. The van der Waals surface area contributed by atoms with Crippen LogP contribution in [-0.4, -0.2) is 52.3 Å². The van der Waals surface area contributed by atoms with Crippen LogP contribution in [0.4, 0.5) is 0 Å². The first-order chi connectivity index (χ1) is 17.2. The Morgan fingerprint density at radius 2 is 1.74 bits per heavy atom. The predicted molar refractivity (Wildman–Crippen MR) is 135 cm³/mol. The highest BCUT2D eigenvalue weighted by Gasteiger charge is 2.61. The molecule has 0 aromatic heterocycles. The van der Waals surface area contributed by atoms with Gasteiger partial charge in [-0.1, -0.05) is 67.1 Å². The molecule has 35 heavy (non-hydrogen) atoms. The smallest absolute Gasteiger partial charge is 0.225 e. The summed E-state index contributed by atoms with van der Waals surface area (Å²) in [5.41, 5.74) is 2.22. The van der Waals surface area contributed by atoms with Crippen molar-refractivity contribution in [2.45, 2.75) is 75.2 Å². The number of likely N-dealkylation sites (tertiary alicyclic amines) is 1. The fourth-order valence-corrected chi connectivity index (χ4v) is 7.78.